The normalized spacial score (nSPS) is 10.5. The molecule has 9 aromatic rings. The molecule has 0 fully saturated rings. The van der Waals surface area contributed by atoms with Crippen LogP contribution in [-0.2, 0) is 19.5 Å². The summed E-state index contributed by atoms with van der Waals surface area (Å²) in [4.78, 5) is 6.41. The van der Waals surface area contributed by atoms with E-state index in [1.165, 1.54) is 64.8 Å². The molecule has 9 aromatic carbocycles. The quantitative estimate of drug-likeness (QED) is 0.0892. The van der Waals surface area contributed by atoms with Crippen LogP contribution < -0.4 is 62.4 Å². The molecule has 338 valence electrons. The minimum absolute atomic E-state index is 0. The van der Waals surface area contributed by atoms with E-state index < -0.39 is 23.8 Å². The summed E-state index contributed by atoms with van der Waals surface area (Å²) >= 11 is 0. The first-order valence-electron chi connectivity index (χ1n) is 22.3. The Bertz CT molecular complexity index is 2320. The molecule has 0 aliphatic carbocycles. The van der Waals surface area contributed by atoms with E-state index in [2.05, 4.69) is 312 Å². The van der Waals surface area contributed by atoms with E-state index >= 15 is 0 Å². The molecule has 0 saturated heterocycles. The maximum absolute atomic E-state index is 2.26. The monoisotopic (exact) mass is 1020 g/mol. The van der Waals surface area contributed by atoms with Crippen molar-refractivity contribution in [1.29, 1.82) is 0 Å². The van der Waals surface area contributed by atoms with Crippen LogP contribution in [0.25, 0.3) is 0 Å². The smallest absolute Gasteiger partial charge is 0.0361 e. The van der Waals surface area contributed by atoms with Gasteiger partial charge < -0.3 is 14.7 Å². The molecule has 9 rings (SSSR count). The number of benzene rings is 9. The van der Waals surface area contributed by atoms with Crippen LogP contribution in [0.5, 0.6) is 0 Å². The molecule has 3 nitrogen and oxygen atoms in total. The Morgan fingerprint density at radius 3 is 0.463 bits per heavy atom. The molecule has 7 heteroatoms. The SMILES string of the molecule is CN(C)c1ccc(P(c2ccccc2)c2ccccc2)cc1.CN(C)c1ccc(P(c2ccccc2)c2ccccc2)cc1.CN(C)c1ccc(P(c2ccccc2)c2ccccc2)cc1.[Ru]. The fraction of sp³-hybridized carbons (Fsp3) is 0.100. The van der Waals surface area contributed by atoms with Gasteiger partial charge in [-0.1, -0.05) is 218 Å². The Hall–Kier alpha value is -5.71. The van der Waals surface area contributed by atoms with Gasteiger partial charge in [0.15, 0.2) is 0 Å². The molecule has 0 heterocycles. The van der Waals surface area contributed by atoms with Crippen LogP contribution >= 0.6 is 23.8 Å². The minimum atomic E-state index is -0.496. The van der Waals surface area contributed by atoms with Crippen LogP contribution in [0.2, 0.25) is 0 Å². The summed E-state index contributed by atoms with van der Waals surface area (Å²) in [5.41, 5.74) is 3.71. The third-order valence-corrected chi connectivity index (χ3v) is 18.3. The third kappa shape index (κ3) is 14.2. The maximum atomic E-state index is 2.26. The summed E-state index contributed by atoms with van der Waals surface area (Å²) in [6.45, 7) is 0. The predicted molar refractivity (Wildman–Crippen MR) is 298 cm³/mol. The molecule has 67 heavy (non-hydrogen) atoms. The zero-order valence-electron chi connectivity index (χ0n) is 39.3. The molecule has 0 amide bonds. The first kappa shape index (κ1) is 50.7. The van der Waals surface area contributed by atoms with Crippen molar-refractivity contribution >= 4 is 88.6 Å². The van der Waals surface area contributed by atoms with Crippen LogP contribution in [0, 0.1) is 0 Å². The fourth-order valence-electron chi connectivity index (χ4n) is 7.50. The molecule has 0 aromatic heterocycles. The summed E-state index contributed by atoms with van der Waals surface area (Å²) in [6.07, 6.45) is 0. The molecule has 0 unspecified atom stereocenters. The Morgan fingerprint density at radius 2 is 0.328 bits per heavy atom. The first-order valence-corrected chi connectivity index (χ1v) is 26.3. The number of nitrogens with zero attached hydrogens (tertiary/aromatic N) is 3. The van der Waals surface area contributed by atoms with Crippen LogP contribution in [0.3, 0.4) is 0 Å². The first-order chi connectivity index (χ1) is 32.3. The van der Waals surface area contributed by atoms with Gasteiger partial charge in [-0.05, 0) is 108 Å². The van der Waals surface area contributed by atoms with Gasteiger partial charge in [-0.2, -0.15) is 0 Å². The van der Waals surface area contributed by atoms with Crippen molar-refractivity contribution in [3.8, 4) is 0 Å². The van der Waals surface area contributed by atoms with Crippen LogP contribution in [0.4, 0.5) is 17.1 Å². The van der Waals surface area contributed by atoms with E-state index in [-0.39, 0.29) is 19.5 Å². The van der Waals surface area contributed by atoms with Crippen molar-refractivity contribution in [1.82, 2.24) is 0 Å². The molecule has 0 radical (unpaired) electrons. The zero-order valence-corrected chi connectivity index (χ0v) is 43.7. The van der Waals surface area contributed by atoms with E-state index in [1.807, 2.05) is 0 Å². The molecule has 0 spiro atoms. The van der Waals surface area contributed by atoms with Crippen molar-refractivity contribution in [2.75, 3.05) is 57.0 Å². The van der Waals surface area contributed by atoms with E-state index in [1.54, 1.807) is 0 Å². The van der Waals surface area contributed by atoms with Gasteiger partial charge in [0.2, 0.25) is 0 Å². The predicted octanol–water partition coefficient (Wildman–Crippen LogP) is 10.5. The standard InChI is InChI=1S/3C20H20NP.Ru/c3*1-21(2)17-13-15-20(16-14-17)22(18-9-5-3-6-10-18)19-11-7-4-8-12-19;/h3*3-16H,1-2H3;. The summed E-state index contributed by atoms with van der Waals surface area (Å²) in [5.74, 6) is 0. The maximum Gasteiger partial charge on any atom is 0.0361 e. The van der Waals surface area contributed by atoms with E-state index in [4.69, 9.17) is 0 Å². The van der Waals surface area contributed by atoms with E-state index in [0.29, 0.717) is 0 Å². The Morgan fingerprint density at radius 1 is 0.194 bits per heavy atom. The van der Waals surface area contributed by atoms with Crippen molar-refractivity contribution in [3.05, 3.63) is 255 Å². The molecule has 0 atom stereocenters. The van der Waals surface area contributed by atoms with Gasteiger partial charge in [0.25, 0.3) is 0 Å². The Kier molecular flexibility index (Phi) is 19.7. The molecule has 0 aliphatic rings. The molecular formula is C60H60N3P3Ru. The third-order valence-electron chi connectivity index (χ3n) is 11.0. The van der Waals surface area contributed by atoms with Crippen LogP contribution in [0.1, 0.15) is 0 Å². The molecular weight excluding hydrogens is 957 g/mol. The van der Waals surface area contributed by atoms with Gasteiger partial charge in [-0.3, -0.25) is 0 Å². The number of hydrogen-bond acceptors (Lipinski definition) is 3. The summed E-state index contributed by atoms with van der Waals surface area (Å²) in [5, 5.41) is 12.5. The number of hydrogen-bond donors (Lipinski definition) is 0. The topological polar surface area (TPSA) is 9.72 Å². The summed E-state index contributed by atoms with van der Waals surface area (Å²) < 4.78 is 0. The largest absolute Gasteiger partial charge is 0.378 e. The van der Waals surface area contributed by atoms with Crippen molar-refractivity contribution in [2.45, 2.75) is 0 Å². The van der Waals surface area contributed by atoms with Crippen molar-refractivity contribution in [3.63, 3.8) is 0 Å². The average Bonchev–Trinajstić information content (AvgIpc) is 3.37. The van der Waals surface area contributed by atoms with Crippen molar-refractivity contribution in [2.24, 2.45) is 0 Å². The Labute approximate surface area is 417 Å². The second-order valence-electron chi connectivity index (χ2n) is 16.3. The van der Waals surface area contributed by atoms with E-state index in [0.717, 1.165) is 0 Å². The van der Waals surface area contributed by atoms with Gasteiger partial charge in [-0.15, -0.1) is 0 Å². The molecule has 0 saturated carbocycles. The van der Waals surface area contributed by atoms with Gasteiger partial charge in [0.05, 0.1) is 0 Å². The molecule has 0 N–H and O–H groups in total. The second kappa shape index (κ2) is 26.0. The fourth-order valence-corrected chi connectivity index (χ4v) is 14.4. The van der Waals surface area contributed by atoms with Gasteiger partial charge in [0.1, 0.15) is 0 Å². The Balaban J connectivity index is 0.000000165. The van der Waals surface area contributed by atoms with Gasteiger partial charge in [0, 0.05) is 78.8 Å². The van der Waals surface area contributed by atoms with E-state index in [9.17, 15) is 0 Å². The molecule has 0 aliphatic heterocycles. The number of anilines is 3. The molecule has 0 bridgehead atoms. The summed E-state index contributed by atoms with van der Waals surface area (Å²) in [7, 11) is 11.0. The number of rotatable bonds is 12. The second-order valence-corrected chi connectivity index (χ2v) is 22.9. The van der Waals surface area contributed by atoms with Gasteiger partial charge >= 0.3 is 0 Å². The summed E-state index contributed by atoms with van der Waals surface area (Å²) in [6, 6.07) is 91.6. The van der Waals surface area contributed by atoms with Crippen molar-refractivity contribution < 1.29 is 19.5 Å². The van der Waals surface area contributed by atoms with Gasteiger partial charge in [-0.25, -0.2) is 0 Å². The average molecular weight is 1020 g/mol. The van der Waals surface area contributed by atoms with Crippen LogP contribution in [0.15, 0.2) is 255 Å². The van der Waals surface area contributed by atoms with Crippen LogP contribution in [-0.4, -0.2) is 42.3 Å². The zero-order chi connectivity index (χ0) is 46.1. The minimum Gasteiger partial charge on any atom is -0.378 e.